The first-order valence-corrected chi connectivity index (χ1v) is 26.5. The van der Waals surface area contributed by atoms with E-state index in [2.05, 4.69) is 184 Å². The third-order valence-electron chi connectivity index (χ3n) is 13.7. The molecule has 0 atom stereocenters. The summed E-state index contributed by atoms with van der Waals surface area (Å²) in [5.74, 6) is 0.146. The Labute approximate surface area is 391 Å². The molecule has 11 heteroatoms. The predicted molar refractivity (Wildman–Crippen MR) is 276 cm³/mol. The molecular formula is C54H74N5O4S2+. The van der Waals surface area contributed by atoms with E-state index in [-0.39, 0.29) is 33.8 Å². The van der Waals surface area contributed by atoms with Crippen LogP contribution in [0.25, 0.3) is 17.7 Å². The van der Waals surface area contributed by atoms with Gasteiger partial charge in [0.15, 0.2) is 5.54 Å². The van der Waals surface area contributed by atoms with Crippen molar-refractivity contribution in [2.24, 2.45) is 11.1 Å². The molecule has 0 fully saturated rings. The van der Waals surface area contributed by atoms with Gasteiger partial charge in [-0.3, -0.25) is 0 Å². The molecular weight excluding hydrogens is 847 g/mol. The molecule has 7 rings (SSSR count). The van der Waals surface area contributed by atoms with Crippen LogP contribution in [-0.4, -0.2) is 86.0 Å². The summed E-state index contributed by atoms with van der Waals surface area (Å²) in [7, 11) is 1.27. The van der Waals surface area contributed by atoms with E-state index in [0.717, 1.165) is 39.8 Å². The SMILES string of the molecule is CC(C)/C=C(/CS(N)(=O)=O)C1=CC2=Cc3ccc(N(C)C)cc3C(C)(C)C2=CC1.CCN(CC)S(=O)(=O)CC1=CC(C)(C)[N+](CC)=c2cc3c(cc21)=Cc1ccc(N(C)C)cc1C3(C)C. The monoisotopic (exact) mass is 921 g/mol. The van der Waals surface area contributed by atoms with Gasteiger partial charge in [-0.1, -0.05) is 85.8 Å². The van der Waals surface area contributed by atoms with Gasteiger partial charge in [0.1, 0.15) is 6.54 Å². The van der Waals surface area contributed by atoms with Crippen molar-refractivity contribution in [3.63, 3.8) is 0 Å². The van der Waals surface area contributed by atoms with E-state index in [1.54, 1.807) is 4.31 Å². The summed E-state index contributed by atoms with van der Waals surface area (Å²) in [5.41, 5.74) is 14.4. The Morgan fingerprint density at radius 3 is 1.86 bits per heavy atom. The summed E-state index contributed by atoms with van der Waals surface area (Å²) < 4.78 is 54.2. The lowest BCUT2D eigenvalue weighted by atomic mass is 9.67. The van der Waals surface area contributed by atoms with Gasteiger partial charge >= 0.3 is 0 Å². The summed E-state index contributed by atoms with van der Waals surface area (Å²) in [6.45, 7) is 25.4. The molecule has 0 amide bonds. The van der Waals surface area contributed by atoms with Crippen molar-refractivity contribution in [2.45, 2.75) is 99.0 Å². The molecule has 0 aromatic heterocycles. The largest absolute Gasteiger partial charge is 0.378 e. The Bertz CT molecular complexity index is 2900. The maximum absolute atomic E-state index is 13.3. The molecule has 65 heavy (non-hydrogen) atoms. The highest BCUT2D eigenvalue weighted by atomic mass is 32.2. The van der Waals surface area contributed by atoms with Crippen molar-refractivity contribution < 1.29 is 16.8 Å². The van der Waals surface area contributed by atoms with Crippen LogP contribution in [0.1, 0.15) is 116 Å². The van der Waals surface area contributed by atoms with E-state index < -0.39 is 20.0 Å². The summed E-state index contributed by atoms with van der Waals surface area (Å²) in [5, 5.41) is 7.66. The first-order chi connectivity index (χ1) is 30.1. The molecule has 9 nitrogen and oxygen atoms in total. The number of anilines is 2. The van der Waals surface area contributed by atoms with Crippen LogP contribution in [0.4, 0.5) is 11.4 Å². The zero-order chi connectivity index (χ0) is 48.2. The number of fused-ring (bicyclic) bond motifs is 5. The Kier molecular flexibility index (Phi) is 14.0. The predicted octanol–water partition coefficient (Wildman–Crippen LogP) is 8.13. The van der Waals surface area contributed by atoms with Crippen LogP contribution < -0.4 is 30.1 Å². The number of nitrogens with zero attached hydrogens (tertiary/aromatic N) is 4. The van der Waals surface area contributed by atoms with Crippen LogP contribution in [0.15, 0.2) is 95.1 Å². The zero-order valence-electron chi connectivity index (χ0n) is 41.7. The maximum atomic E-state index is 13.3. The van der Waals surface area contributed by atoms with Crippen molar-refractivity contribution in [3.8, 4) is 0 Å². The number of hydrogen-bond acceptors (Lipinski definition) is 6. The molecule has 3 aromatic carbocycles. The number of primary sulfonamides is 1. The molecule has 0 radical (unpaired) electrons. The number of allylic oxidation sites excluding steroid dienone is 6. The van der Waals surface area contributed by atoms with E-state index in [9.17, 15) is 16.8 Å². The van der Waals surface area contributed by atoms with Crippen LogP contribution in [0.5, 0.6) is 0 Å². The number of hydrogen-bond donors (Lipinski definition) is 1. The number of sulfonamides is 2. The molecule has 3 aliphatic carbocycles. The molecule has 0 unspecified atom stereocenters. The quantitative estimate of drug-likeness (QED) is 0.184. The molecule has 4 aliphatic rings. The second-order valence-electron chi connectivity index (χ2n) is 20.4. The highest BCUT2D eigenvalue weighted by Gasteiger charge is 2.39. The zero-order valence-corrected chi connectivity index (χ0v) is 43.4. The lowest BCUT2D eigenvalue weighted by molar-refractivity contribution is 0.401. The van der Waals surface area contributed by atoms with Gasteiger partial charge in [-0.2, -0.15) is 0 Å². The van der Waals surface area contributed by atoms with Gasteiger partial charge in [-0.15, -0.1) is 0 Å². The second-order valence-corrected chi connectivity index (χ2v) is 24.0. The Balaban J connectivity index is 0.000000221. The molecule has 0 saturated heterocycles. The van der Waals surface area contributed by atoms with Gasteiger partial charge in [-0.25, -0.2) is 30.9 Å². The van der Waals surface area contributed by atoms with Crippen molar-refractivity contribution in [1.29, 1.82) is 0 Å². The fraction of sp³-hybridized carbons (Fsp3) is 0.463. The van der Waals surface area contributed by atoms with E-state index in [0.29, 0.717) is 19.5 Å². The summed E-state index contributed by atoms with van der Waals surface area (Å²) in [6, 6.07) is 17.8. The first kappa shape index (κ1) is 49.9. The van der Waals surface area contributed by atoms with Gasteiger partial charge in [0.25, 0.3) is 0 Å². The van der Waals surface area contributed by atoms with E-state index >= 15 is 0 Å². The number of likely N-dealkylation sites (N-methyl/N-ethyl adjacent to an activating group) is 1. The first-order valence-electron chi connectivity index (χ1n) is 23.1. The maximum Gasteiger partial charge on any atom is 0.218 e. The summed E-state index contributed by atoms with van der Waals surface area (Å²) in [6.07, 6.45) is 13.8. The van der Waals surface area contributed by atoms with Gasteiger partial charge in [-0.05, 0) is 129 Å². The van der Waals surface area contributed by atoms with Gasteiger partial charge in [0.05, 0.1) is 17.1 Å². The minimum Gasteiger partial charge on any atom is -0.378 e. The molecule has 0 spiro atoms. The van der Waals surface area contributed by atoms with Crippen LogP contribution in [0, 0.1) is 5.92 Å². The number of rotatable bonds is 12. The molecule has 0 bridgehead atoms. The topological polar surface area (TPSA) is 107 Å². The molecule has 350 valence electrons. The smallest absolute Gasteiger partial charge is 0.218 e. The molecule has 1 aliphatic heterocycles. The lowest BCUT2D eigenvalue weighted by Crippen LogP contribution is -2.51. The van der Waals surface area contributed by atoms with Crippen LogP contribution in [-0.2, 0) is 30.9 Å². The Morgan fingerprint density at radius 1 is 0.769 bits per heavy atom. The fourth-order valence-electron chi connectivity index (χ4n) is 10.3. The minimum atomic E-state index is -3.59. The second kappa shape index (κ2) is 18.3. The average Bonchev–Trinajstić information content (AvgIpc) is 3.19. The fourth-order valence-corrected chi connectivity index (χ4v) is 12.6. The normalized spacial score (nSPS) is 18.0. The lowest BCUT2D eigenvalue weighted by Gasteiger charge is -2.37. The Hall–Kier alpha value is -4.55. The Morgan fingerprint density at radius 2 is 1.34 bits per heavy atom. The van der Waals surface area contributed by atoms with Gasteiger partial charge in [0, 0.05) is 83.4 Å². The summed E-state index contributed by atoms with van der Waals surface area (Å²) in [4.78, 5) is 4.27. The molecule has 2 N–H and O–H groups in total. The number of nitrogens with two attached hydrogens (primary N) is 1. The number of benzene rings is 3. The highest BCUT2D eigenvalue weighted by molar-refractivity contribution is 7.89. The van der Waals surface area contributed by atoms with Gasteiger partial charge < -0.3 is 9.80 Å². The van der Waals surface area contributed by atoms with Crippen molar-refractivity contribution in [2.75, 3.05) is 69.1 Å². The molecule has 0 saturated carbocycles. The van der Waals surface area contributed by atoms with E-state index in [4.69, 9.17) is 5.14 Å². The van der Waals surface area contributed by atoms with E-state index in [1.807, 2.05) is 19.9 Å². The highest BCUT2D eigenvalue weighted by Crippen LogP contribution is 2.47. The third kappa shape index (κ3) is 10.1. The minimum absolute atomic E-state index is 0.0215. The average molecular weight is 921 g/mol. The molecule has 1 heterocycles. The third-order valence-corrected chi connectivity index (χ3v) is 16.4. The van der Waals surface area contributed by atoms with Crippen molar-refractivity contribution >= 4 is 49.1 Å². The van der Waals surface area contributed by atoms with Crippen LogP contribution >= 0.6 is 0 Å². The standard InChI is InChI=1S/C30H42N3O2S.C24H32N2O2S/c1-10-32(11-2)36(34,35)20-23-19-29(4,5)33(12-3)28-18-27-22(16-25(23)28)15-21-13-14-24(31(8)9)17-26(21)30(27,6)7;1-16(2)11-20(15-29(25,27)28)17-8-10-22-19(12-17)13-18-7-9-21(26(5)6)14-23(18)24(22,3)4/h13-19H,10-12,20H2,1-9H3;7,9-14,16H,8,15H2,1-6H3,(H2,25,27,28)/q+1;/b;20-11-. The molecule has 3 aromatic rings. The van der Waals surface area contributed by atoms with E-state index in [1.165, 1.54) is 50.0 Å². The van der Waals surface area contributed by atoms with Crippen molar-refractivity contribution in [1.82, 2.24) is 8.88 Å². The van der Waals surface area contributed by atoms with Gasteiger partial charge in [0.2, 0.25) is 25.4 Å². The van der Waals surface area contributed by atoms with Crippen LogP contribution in [0.2, 0.25) is 0 Å². The van der Waals surface area contributed by atoms with Crippen LogP contribution in [0.3, 0.4) is 0 Å². The summed E-state index contributed by atoms with van der Waals surface area (Å²) >= 11 is 0. The van der Waals surface area contributed by atoms with Crippen molar-refractivity contribution in [3.05, 3.63) is 139 Å².